The van der Waals surface area contributed by atoms with Crippen LogP contribution in [-0.4, -0.2) is 25.1 Å². The molecule has 0 heterocycles. The molecule has 0 aliphatic rings. The minimum Gasteiger partial charge on any atom is -0.495 e. The van der Waals surface area contributed by atoms with Crippen LogP contribution in [0.2, 0.25) is 0 Å². The van der Waals surface area contributed by atoms with Crippen molar-refractivity contribution in [2.45, 2.75) is 13.0 Å². The second-order valence-electron chi connectivity index (χ2n) is 5.01. The number of nitrogens with one attached hydrogen (secondary N) is 1. The Hall–Kier alpha value is -3.08. The van der Waals surface area contributed by atoms with Crippen molar-refractivity contribution < 1.29 is 19.1 Å². The molecule has 5 heteroatoms. The molecule has 0 saturated carbocycles. The van der Waals surface area contributed by atoms with Crippen molar-refractivity contribution in [3.63, 3.8) is 0 Å². The van der Waals surface area contributed by atoms with E-state index in [1.165, 1.54) is 20.1 Å². The van der Waals surface area contributed by atoms with E-state index >= 15 is 0 Å². The molecular formula is C19H19NO4. The summed E-state index contributed by atoms with van der Waals surface area (Å²) in [6, 6.07) is 16.4. The van der Waals surface area contributed by atoms with Crippen LogP contribution in [0.25, 0.3) is 6.08 Å². The number of ether oxygens (including phenoxy) is 2. The number of anilines is 1. The van der Waals surface area contributed by atoms with Crippen LogP contribution in [0.15, 0.2) is 60.7 Å². The maximum atomic E-state index is 12.1. The number of rotatable bonds is 6. The molecule has 0 unspecified atom stereocenters. The predicted molar refractivity (Wildman–Crippen MR) is 92.7 cm³/mol. The highest BCUT2D eigenvalue weighted by Gasteiger charge is 2.17. The number of amides is 1. The van der Waals surface area contributed by atoms with Crippen LogP contribution >= 0.6 is 0 Å². The normalized spacial score (nSPS) is 11.8. The minimum absolute atomic E-state index is 0.430. The van der Waals surface area contributed by atoms with Gasteiger partial charge in [-0.05, 0) is 30.7 Å². The standard InChI is InChI=1S/C19H19NO4/c1-14(19(22)20-16-10-6-7-11-17(16)23-2)24-18(21)13-12-15-8-4-3-5-9-15/h3-14H,1-2H3,(H,20,22)/b13-12+/t14-/m0/s1. The van der Waals surface area contributed by atoms with Crippen molar-refractivity contribution in [1.82, 2.24) is 0 Å². The van der Waals surface area contributed by atoms with Gasteiger partial charge in [0.2, 0.25) is 0 Å². The molecule has 0 fully saturated rings. The Balaban J connectivity index is 1.91. The zero-order valence-corrected chi connectivity index (χ0v) is 13.6. The summed E-state index contributed by atoms with van der Waals surface area (Å²) in [6.07, 6.45) is 2.00. The van der Waals surface area contributed by atoms with Gasteiger partial charge in [-0.25, -0.2) is 4.79 Å². The summed E-state index contributed by atoms with van der Waals surface area (Å²) in [7, 11) is 1.52. The topological polar surface area (TPSA) is 64.6 Å². The van der Waals surface area contributed by atoms with Crippen LogP contribution in [0.1, 0.15) is 12.5 Å². The van der Waals surface area contributed by atoms with Crippen LogP contribution in [0.3, 0.4) is 0 Å². The van der Waals surface area contributed by atoms with E-state index < -0.39 is 18.0 Å². The highest BCUT2D eigenvalue weighted by molar-refractivity contribution is 5.97. The maximum Gasteiger partial charge on any atom is 0.331 e. The molecule has 2 aromatic rings. The Morgan fingerprint density at radius 1 is 1.04 bits per heavy atom. The molecule has 0 aliphatic carbocycles. The van der Waals surface area contributed by atoms with E-state index in [9.17, 15) is 9.59 Å². The molecule has 5 nitrogen and oxygen atoms in total. The van der Waals surface area contributed by atoms with Crippen molar-refractivity contribution in [3.05, 3.63) is 66.2 Å². The van der Waals surface area contributed by atoms with Crippen molar-refractivity contribution in [1.29, 1.82) is 0 Å². The second-order valence-corrected chi connectivity index (χ2v) is 5.01. The molecule has 2 aromatic carbocycles. The summed E-state index contributed by atoms with van der Waals surface area (Å²) in [6.45, 7) is 1.51. The van der Waals surface area contributed by atoms with Crippen LogP contribution < -0.4 is 10.1 Å². The third-order valence-electron chi connectivity index (χ3n) is 3.24. The van der Waals surface area contributed by atoms with E-state index in [2.05, 4.69) is 5.32 Å². The van der Waals surface area contributed by atoms with Gasteiger partial charge in [0.25, 0.3) is 5.91 Å². The van der Waals surface area contributed by atoms with Gasteiger partial charge in [0.05, 0.1) is 12.8 Å². The Morgan fingerprint density at radius 2 is 1.71 bits per heavy atom. The Morgan fingerprint density at radius 3 is 2.42 bits per heavy atom. The third kappa shape index (κ3) is 4.98. The van der Waals surface area contributed by atoms with Gasteiger partial charge in [-0.1, -0.05) is 42.5 Å². The lowest BCUT2D eigenvalue weighted by Gasteiger charge is -2.14. The number of hydrogen-bond acceptors (Lipinski definition) is 4. The molecule has 0 bridgehead atoms. The second kappa shape index (κ2) is 8.53. The first-order valence-corrected chi connectivity index (χ1v) is 7.48. The lowest BCUT2D eigenvalue weighted by atomic mass is 10.2. The highest BCUT2D eigenvalue weighted by Crippen LogP contribution is 2.23. The lowest BCUT2D eigenvalue weighted by Crippen LogP contribution is -2.29. The maximum absolute atomic E-state index is 12.1. The number of hydrogen-bond donors (Lipinski definition) is 1. The highest BCUT2D eigenvalue weighted by atomic mass is 16.5. The van der Waals surface area contributed by atoms with Crippen molar-refractivity contribution in [3.8, 4) is 5.75 Å². The summed E-state index contributed by atoms with van der Waals surface area (Å²) < 4.78 is 10.3. The van der Waals surface area contributed by atoms with E-state index in [0.29, 0.717) is 11.4 Å². The molecule has 1 amide bonds. The van der Waals surface area contributed by atoms with Gasteiger partial charge in [-0.15, -0.1) is 0 Å². The van der Waals surface area contributed by atoms with Gasteiger partial charge >= 0.3 is 5.97 Å². The van der Waals surface area contributed by atoms with Crippen LogP contribution in [0.4, 0.5) is 5.69 Å². The van der Waals surface area contributed by atoms with Gasteiger partial charge in [0.1, 0.15) is 5.75 Å². The van der Waals surface area contributed by atoms with E-state index in [1.54, 1.807) is 30.3 Å². The number of carbonyl (C=O) groups is 2. The molecule has 0 aliphatic heterocycles. The van der Waals surface area contributed by atoms with Gasteiger partial charge in [0.15, 0.2) is 6.10 Å². The SMILES string of the molecule is COc1ccccc1NC(=O)[C@H](C)OC(=O)/C=C/c1ccccc1. The fourth-order valence-electron chi connectivity index (χ4n) is 1.98. The van der Waals surface area contributed by atoms with Gasteiger partial charge in [-0.3, -0.25) is 4.79 Å². The Kier molecular flexibility index (Phi) is 6.14. The first-order valence-electron chi connectivity index (χ1n) is 7.48. The average Bonchev–Trinajstić information content (AvgIpc) is 2.61. The molecule has 2 rings (SSSR count). The molecular weight excluding hydrogens is 306 g/mol. The van der Waals surface area contributed by atoms with Gasteiger partial charge < -0.3 is 14.8 Å². The zero-order valence-electron chi connectivity index (χ0n) is 13.6. The summed E-state index contributed by atoms with van der Waals surface area (Å²) in [4.78, 5) is 23.9. The Bertz CT molecular complexity index is 725. The third-order valence-corrected chi connectivity index (χ3v) is 3.24. The van der Waals surface area contributed by atoms with Gasteiger partial charge in [-0.2, -0.15) is 0 Å². The van der Waals surface area contributed by atoms with Crippen LogP contribution in [-0.2, 0) is 14.3 Å². The molecule has 0 radical (unpaired) electrons. The number of carbonyl (C=O) groups excluding carboxylic acids is 2. The van der Waals surface area contributed by atoms with E-state index in [-0.39, 0.29) is 0 Å². The largest absolute Gasteiger partial charge is 0.495 e. The Labute approximate surface area is 140 Å². The van der Waals surface area contributed by atoms with E-state index in [4.69, 9.17) is 9.47 Å². The van der Waals surface area contributed by atoms with Gasteiger partial charge in [0, 0.05) is 6.08 Å². The first-order chi connectivity index (χ1) is 11.6. The smallest absolute Gasteiger partial charge is 0.331 e. The van der Waals surface area contributed by atoms with Crippen LogP contribution in [0, 0.1) is 0 Å². The summed E-state index contributed by atoms with van der Waals surface area (Å²) in [5.74, 6) is -0.476. The molecule has 0 aromatic heterocycles. The average molecular weight is 325 g/mol. The van der Waals surface area contributed by atoms with Crippen molar-refractivity contribution >= 4 is 23.6 Å². The minimum atomic E-state index is -0.928. The zero-order chi connectivity index (χ0) is 17.4. The molecule has 0 saturated heterocycles. The van der Waals surface area contributed by atoms with Crippen molar-refractivity contribution in [2.24, 2.45) is 0 Å². The summed E-state index contributed by atoms with van der Waals surface area (Å²) >= 11 is 0. The quantitative estimate of drug-likeness (QED) is 0.654. The number of esters is 1. The number of methoxy groups -OCH3 is 1. The summed E-state index contributed by atoms with van der Waals surface area (Å²) in [5.41, 5.74) is 1.40. The molecule has 1 atom stereocenters. The van der Waals surface area contributed by atoms with Crippen molar-refractivity contribution in [2.75, 3.05) is 12.4 Å². The lowest BCUT2D eigenvalue weighted by molar-refractivity contribution is -0.148. The van der Waals surface area contributed by atoms with E-state index in [0.717, 1.165) is 5.56 Å². The first kappa shape index (κ1) is 17.3. The molecule has 124 valence electrons. The fraction of sp³-hybridized carbons (Fsp3) is 0.158. The fourth-order valence-corrected chi connectivity index (χ4v) is 1.98. The molecule has 24 heavy (non-hydrogen) atoms. The predicted octanol–water partition coefficient (Wildman–Crippen LogP) is 3.28. The molecule has 0 spiro atoms. The van der Waals surface area contributed by atoms with E-state index in [1.807, 2.05) is 30.3 Å². The number of para-hydroxylation sites is 2. The number of benzene rings is 2. The monoisotopic (exact) mass is 325 g/mol. The molecule has 1 N–H and O–H groups in total. The summed E-state index contributed by atoms with van der Waals surface area (Å²) in [5, 5.41) is 2.68. The van der Waals surface area contributed by atoms with Crippen LogP contribution in [0.5, 0.6) is 5.75 Å².